The van der Waals surface area contributed by atoms with Crippen LogP contribution in [-0.2, 0) is 11.3 Å². The third-order valence-electron chi connectivity index (χ3n) is 3.29. The van der Waals surface area contributed by atoms with E-state index in [4.69, 9.17) is 31.4 Å². The molecule has 132 valence electrons. The number of aryl methyl sites for hydroxylation is 1. The molecule has 1 N–H and O–H groups in total. The number of carbonyl (C=O) groups is 1. The summed E-state index contributed by atoms with van der Waals surface area (Å²) in [5.74, 6) is 0.188. The van der Waals surface area contributed by atoms with Gasteiger partial charge in [0.2, 0.25) is 0 Å². The first-order valence-corrected chi connectivity index (χ1v) is 7.60. The van der Waals surface area contributed by atoms with Crippen molar-refractivity contribution in [1.82, 2.24) is 5.16 Å². The normalized spacial score (nSPS) is 9.58. The summed E-state index contributed by atoms with van der Waals surface area (Å²) in [5, 5.41) is 24.1. The summed E-state index contributed by atoms with van der Waals surface area (Å²) < 4.78 is 15.3. The zero-order chi connectivity index (χ0) is 19.1. The van der Waals surface area contributed by atoms with Gasteiger partial charge in [-0.3, -0.25) is 0 Å². The Bertz CT molecular complexity index is 921. The van der Waals surface area contributed by atoms with E-state index >= 15 is 0 Å². The lowest BCUT2D eigenvalue weighted by atomic mass is 10.2. The molecular weight excluding hydrogens is 360 g/mol. The molecule has 9 heteroatoms. The van der Waals surface area contributed by atoms with Gasteiger partial charge in [0.15, 0.2) is 5.69 Å². The summed E-state index contributed by atoms with van der Waals surface area (Å²) in [6.07, 6.45) is 1.27. The van der Waals surface area contributed by atoms with E-state index in [1.165, 1.54) is 13.3 Å². The monoisotopic (exact) mass is 372 g/mol. The number of ether oxygens (including phenoxy) is 2. The minimum atomic E-state index is -0.622. The Morgan fingerprint density at radius 2 is 2.15 bits per heavy atom. The van der Waals surface area contributed by atoms with Gasteiger partial charge < -0.3 is 19.3 Å². The standard InChI is InChI=1S/C17H13ClN4O4/c1-10-13(16(22-26-10)17(23)24-2)9-25-15-4-3-12(5-14(15)18)21-8-11(6-19)7-20/h3-5,8,21H,9H2,1-2H3. The zero-order valence-corrected chi connectivity index (χ0v) is 14.6. The fourth-order valence-corrected chi connectivity index (χ4v) is 2.16. The molecular formula is C17H13ClN4O4. The number of hydrogen-bond acceptors (Lipinski definition) is 8. The number of allylic oxidation sites excluding steroid dienone is 1. The maximum Gasteiger partial charge on any atom is 0.360 e. The number of hydrogen-bond donors (Lipinski definition) is 1. The molecule has 26 heavy (non-hydrogen) atoms. The molecule has 1 aromatic heterocycles. The Morgan fingerprint density at radius 1 is 1.42 bits per heavy atom. The molecule has 0 fully saturated rings. The second kappa shape index (κ2) is 8.56. The second-order valence-corrected chi connectivity index (χ2v) is 5.32. The van der Waals surface area contributed by atoms with Crippen molar-refractivity contribution in [1.29, 1.82) is 10.5 Å². The van der Waals surface area contributed by atoms with Gasteiger partial charge in [-0.05, 0) is 25.1 Å². The van der Waals surface area contributed by atoms with Gasteiger partial charge >= 0.3 is 5.97 Å². The summed E-state index contributed by atoms with van der Waals surface area (Å²) in [7, 11) is 1.25. The van der Waals surface area contributed by atoms with E-state index in [1.54, 1.807) is 37.3 Å². The zero-order valence-electron chi connectivity index (χ0n) is 13.9. The Labute approximate surface area is 154 Å². The van der Waals surface area contributed by atoms with E-state index < -0.39 is 5.97 Å². The fraction of sp³-hybridized carbons (Fsp3) is 0.176. The van der Waals surface area contributed by atoms with Gasteiger partial charge in [0.25, 0.3) is 0 Å². The lowest BCUT2D eigenvalue weighted by Gasteiger charge is -2.09. The lowest BCUT2D eigenvalue weighted by Crippen LogP contribution is -2.08. The van der Waals surface area contributed by atoms with Crippen molar-refractivity contribution in [2.75, 3.05) is 12.4 Å². The van der Waals surface area contributed by atoms with Crippen LogP contribution in [0.2, 0.25) is 5.02 Å². The van der Waals surface area contributed by atoms with E-state index in [9.17, 15) is 4.79 Å². The highest BCUT2D eigenvalue weighted by molar-refractivity contribution is 6.32. The average Bonchev–Trinajstić information content (AvgIpc) is 3.01. The summed E-state index contributed by atoms with van der Waals surface area (Å²) in [6, 6.07) is 8.31. The third-order valence-corrected chi connectivity index (χ3v) is 3.59. The van der Waals surface area contributed by atoms with Gasteiger partial charge in [-0.2, -0.15) is 10.5 Å². The second-order valence-electron chi connectivity index (χ2n) is 4.92. The van der Waals surface area contributed by atoms with Crippen LogP contribution in [-0.4, -0.2) is 18.2 Å². The first-order chi connectivity index (χ1) is 12.5. The number of methoxy groups -OCH3 is 1. The maximum absolute atomic E-state index is 11.7. The van der Waals surface area contributed by atoms with Crippen LogP contribution in [0.25, 0.3) is 0 Å². The van der Waals surface area contributed by atoms with Crippen molar-refractivity contribution in [2.24, 2.45) is 0 Å². The van der Waals surface area contributed by atoms with Crippen molar-refractivity contribution < 1.29 is 18.8 Å². The molecule has 0 radical (unpaired) electrons. The van der Waals surface area contributed by atoms with Gasteiger partial charge in [-0.15, -0.1) is 0 Å². The van der Waals surface area contributed by atoms with Crippen LogP contribution in [0.1, 0.15) is 21.8 Å². The predicted octanol–water partition coefficient (Wildman–Crippen LogP) is 3.34. The van der Waals surface area contributed by atoms with Crippen molar-refractivity contribution in [2.45, 2.75) is 13.5 Å². The molecule has 0 saturated heterocycles. The SMILES string of the molecule is COC(=O)c1noc(C)c1COc1ccc(NC=C(C#N)C#N)cc1Cl. The molecule has 0 aliphatic carbocycles. The first-order valence-electron chi connectivity index (χ1n) is 7.22. The summed E-state index contributed by atoms with van der Waals surface area (Å²) in [5.41, 5.74) is 1.01. The van der Waals surface area contributed by atoms with Crippen LogP contribution < -0.4 is 10.1 Å². The van der Waals surface area contributed by atoms with E-state index in [2.05, 4.69) is 15.2 Å². The minimum Gasteiger partial charge on any atom is -0.487 e. The minimum absolute atomic E-state index is 0.0131. The molecule has 0 atom stereocenters. The number of rotatable bonds is 6. The van der Waals surface area contributed by atoms with Gasteiger partial charge in [0, 0.05) is 11.9 Å². The van der Waals surface area contributed by atoms with Gasteiger partial charge in [-0.1, -0.05) is 16.8 Å². The van der Waals surface area contributed by atoms with Crippen LogP contribution in [0, 0.1) is 29.6 Å². The Kier molecular flexibility index (Phi) is 6.20. The quantitative estimate of drug-likeness (QED) is 0.605. The summed E-state index contributed by atoms with van der Waals surface area (Å²) >= 11 is 6.18. The average molecular weight is 373 g/mol. The number of nitrogens with one attached hydrogen (secondary N) is 1. The number of nitrogens with zero attached hydrogens (tertiary/aromatic N) is 3. The summed E-state index contributed by atoms with van der Waals surface area (Å²) in [4.78, 5) is 11.7. The fourth-order valence-electron chi connectivity index (χ4n) is 1.92. The number of esters is 1. The topological polar surface area (TPSA) is 121 Å². The highest BCUT2D eigenvalue weighted by Gasteiger charge is 2.21. The van der Waals surface area contributed by atoms with Gasteiger partial charge in [0.1, 0.15) is 35.8 Å². The van der Waals surface area contributed by atoms with Gasteiger partial charge in [0.05, 0.1) is 17.7 Å². The Balaban J connectivity index is 2.12. The molecule has 0 aliphatic rings. The summed E-state index contributed by atoms with van der Waals surface area (Å²) in [6.45, 7) is 1.67. The number of halogens is 1. The molecule has 8 nitrogen and oxygen atoms in total. The van der Waals surface area contributed by atoms with Crippen molar-refractivity contribution in [3.8, 4) is 17.9 Å². The molecule has 0 spiro atoms. The van der Waals surface area contributed by atoms with Crippen LogP contribution >= 0.6 is 11.6 Å². The third kappa shape index (κ3) is 4.32. The molecule has 0 saturated carbocycles. The molecule has 0 unspecified atom stereocenters. The van der Waals surface area contributed by atoms with Crippen molar-refractivity contribution in [3.63, 3.8) is 0 Å². The molecule has 2 aromatic rings. The molecule has 2 rings (SSSR count). The van der Waals surface area contributed by atoms with Crippen LogP contribution in [0.4, 0.5) is 5.69 Å². The smallest absolute Gasteiger partial charge is 0.360 e. The van der Waals surface area contributed by atoms with E-state index in [0.29, 0.717) is 27.8 Å². The predicted molar refractivity (Wildman–Crippen MR) is 91.3 cm³/mol. The Hall–Kier alpha value is -3.49. The van der Waals surface area contributed by atoms with Crippen molar-refractivity contribution >= 4 is 23.3 Å². The number of aromatic nitrogens is 1. The molecule has 1 aromatic carbocycles. The number of benzene rings is 1. The molecule has 0 bridgehead atoms. The maximum atomic E-state index is 11.7. The van der Waals surface area contributed by atoms with E-state index in [-0.39, 0.29) is 17.9 Å². The molecule has 1 heterocycles. The van der Waals surface area contributed by atoms with E-state index in [0.717, 1.165) is 0 Å². The Morgan fingerprint density at radius 3 is 2.77 bits per heavy atom. The van der Waals surface area contributed by atoms with Crippen LogP contribution in [0.15, 0.2) is 34.5 Å². The first kappa shape index (κ1) is 18.8. The van der Waals surface area contributed by atoms with Crippen LogP contribution in [0.5, 0.6) is 5.75 Å². The lowest BCUT2D eigenvalue weighted by molar-refractivity contribution is 0.0586. The largest absolute Gasteiger partial charge is 0.487 e. The number of carbonyl (C=O) groups excluding carboxylic acids is 1. The van der Waals surface area contributed by atoms with Crippen LogP contribution in [0.3, 0.4) is 0 Å². The number of nitriles is 2. The molecule has 0 aliphatic heterocycles. The van der Waals surface area contributed by atoms with E-state index in [1.807, 2.05) is 0 Å². The highest BCUT2D eigenvalue weighted by Crippen LogP contribution is 2.29. The number of anilines is 1. The van der Waals surface area contributed by atoms with Crippen molar-refractivity contribution in [3.05, 3.63) is 52.0 Å². The highest BCUT2D eigenvalue weighted by atomic mass is 35.5. The molecule has 0 amide bonds. The van der Waals surface area contributed by atoms with Gasteiger partial charge in [-0.25, -0.2) is 4.79 Å².